The summed E-state index contributed by atoms with van der Waals surface area (Å²) in [5.41, 5.74) is 3.23. The summed E-state index contributed by atoms with van der Waals surface area (Å²) in [6.07, 6.45) is 4.01. The Kier molecular flexibility index (Phi) is 5.81. The minimum absolute atomic E-state index is 0.0728. The first kappa shape index (κ1) is 16.9. The lowest BCUT2D eigenvalue weighted by Gasteiger charge is -2.07. The zero-order chi connectivity index (χ0) is 17.4. The molecule has 0 fully saturated rings. The maximum atomic E-state index is 11.4. The summed E-state index contributed by atoms with van der Waals surface area (Å²) in [5.74, 6) is 2.22. The maximum Gasteiger partial charge on any atom is 0.412 e. The van der Waals surface area contributed by atoms with Crippen LogP contribution in [-0.2, 0) is 11.2 Å². The van der Waals surface area contributed by atoms with Crippen molar-refractivity contribution in [3.05, 3.63) is 59.7 Å². The van der Waals surface area contributed by atoms with Crippen LogP contribution in [0.2, 0.25) is 0 Å². The van der Waals surface area contributed by atoms with Gasteiger partial charge in [0.25, 0.3) is 0 Å². The van der Waals surface area contributed by atoms with E-state index < -0.39 is 12.2 Å². The molecule has 2 amide bonds. The molecule has 2 rings (SSSR count). The number of benzene rings is 2. The predicted molar refractivity (Wildman–Crippen MR) is 91.1 cm³/mol. The van der Waals surface area contributed by atoms with E-state index in [0.29, 0.717) is 17.8 Å². The number of ether oxygens (including phenoxy) is 1. The molecule has 2 aromatic carbocycles. The van der Waals surface area contributed by atoms with Crippen molar-refractivity contribution < 1.29 is 19.4 Å². The smallest absolute Gasteiger partial charge is 0.412 e. The monoisotopic (exact) mass is 324 g/mol. The van der Waals surface area contributed by atoms with E-state index in [-0.39, 0.29) is 6.61 Å². The highest BCUT2D eigenvalue weighted by atomic mass is 16.5. The number of hydrogen-bond acceptors (Lipinski definition) is 3. The number of amides is 2. The predicted octanol–water partition coefficient (Wildman–Crippen LogP) is 3.55. The van der Waals surface area contributed by atoms with Gasteiger partial charge in [-0.3, -0.25) is 10.6 Å². The normalized spacial score (nSPS) is 9.62. The molecular weight excluding hydrogens is 308 g/mol. The van der Waals surface area contributed by atoms with Crippen LogP contribution < -0.4 is 10.6 Å². The fraction of sp³-hybridized carbons (Fsp3) is 0.111. The average molecular weight is 324 g/mol. The van der Waals surface area contributed by atoms with Gasteiger partial charge in [-0.15, -0.1) is 6.42 Å². The number of nitrogens with one attached hydrogen (secondary N) is 2. The average Bonchev–Trinajstić information content (AvgIpc) is 2.56. The Morgan fingerprint density at radius 3 is 1.92 bits per heavy atom. The quantitative estimate of drug-likeness (QED) is 0.734. The Morgan fingerprint density at radius 1 is 0.958 bits per heavy atom. The van der Waals surface area contributed by atoms with Crippen molar-refractivity contribution in [2.24, 2.45) is 0 Å². The van der Waals surface area contributed by atoms with Crippen LogP contribution >= 0.6 is 0 Å². The molecule has 0 saturated carbocycles. The summed E-state index contributed by atoms with van der Waals surface area (Å²) in [4.78, 5) is 21.9. The molecule has 2 aromatic rings. The number of hydrogen-bond donors (Lipinski definition) is 3. The molecule has 0 aromatic heterocycles. The maximum absolute atomic E-state index is 11.4. The van der Waals surface area contributed by atoms with Gasteiger partial charge in [0, 0.05) is 11.4 Å². The van der Waals surface area contributed by atoms with Crippen LogP contribution in [0.25, 0.3) is 0 Å². The number of carbonyl (C=O) groups excluding carboxylic acids is 1. The zero-order valence-corrected chi connectivity index (χ0v) is 12.8. The highest BCUT2D eigenvalue weighted by Crippen LogP contribution is 2.16. The molecule has 0 aliphatic rings. The van der Waals surface area contributed by atoms with Crippen LogP contribution in [0.1, 0.15) is 11.1 Å². The Labute approximate surface area is 139 Å². The third kappa shape index (κ3) is 5.39. The van der Waals surface area contributed by atoms with E-state index in [1.807, 2.05) is 24.3 Å². The summed E-state index contributed by atoms with van der Waals surface area (Å²) in [7, 11) is 0. The number of carbonyl (C=O) groups is 2. The largest absolute Gasteiger partial charge is 0.465 e. The first-order valence-corrected chi connectivity index (χ1v) is 7.12. The van der Waals surface area contributed by atoms with E-state index >= 15 is 0 Å². The summed E-state index contributed by atoms with van der Waals surface area (Å²) < 4.78 is 4.73. The lowest BCUT2D eigenvalue weighted by atomic mass is 10.0. The summed E-state index contributed by atoms with van der Waals surface area (Å²) in [5, 5.41) is 13.5. The van der Waals surface area contributed by atoms with Crippen molar-refractivity contribution in [3.8, 4) is 12.3 Å². The molecule has 0 heterocycles. The van der Waals surface area contributed by atoms with Crippen LogP contribution in [0.15, 0.2) is 48.5 Å². The van der Waals surface area contributed by atoms with E-state index in [2.05, 4.69) is 16.6 Å². The van der Waals surface area contributed by atoms with Crippen molar-refractivity contribution in [2.75, 3.05) is 17.2 Å². The number of rotatable bonds is 5. The van der Waals surface area contributed by atoms with Crippen molar-refractivity contribution in [1.29, 1.82) is 0 Å². The van der Waals surface area contributed by atoms with Gasteiger partial charge in [0.1, 0.15) is 0 Å². The van der Waals surface area contributed by atoms with Gasteiger partial charge < -0.3 is 9.84 Å². The molecule has 0 spiro atoms. The Morgan fingerprint density at radius 2 is 1.46 bits per heavy atom. The molecule has 3 N–H and O–H groups in total. The van der Waals surface area contributed by atoms with E-state index in [9.17, 15) is 9.59 Å². The highest BCUT2D eigenvalue weighted by Gasteiger charge is 2.03. The van der Waals surface area contributed by atoms with Gasteiger partial charge in [0.2, 0.25) is 0 Å². The minimum Gasteiger partial charge on any atom is -0.465 e. The van der Waals surface area contributed by atoms with Crippen LogP contribution in [0.4, 0.5) is 21.0 Å². The Bertz CT molecular complexity index is 746. The molecule has 0 aliphatic heterocycles. The van der Waals surface area contributed by atoms with Gasteiger partial charge in [0.05, 0.1) is 0 Å². The molecule has 0 radical (unpaired) electrons. The second-order valence-electron chi connectivity index (χ2n) is 4.91. The summed E-state index contributed by atoms with van der Waals surface area (Å²) >= 11 is 0. The minimum atomic E-state index is -1.09. The molecule has 122 valence electrons. The lowest BCUT2D eigenvalue weighted by Crippen LogP contribution is -2.13. The van der Waals surface area contributed by atoms with Crippen molar-refractivity contribution >= 4 is 23.6 Å². The molecular formula is C18H16N2O4. The lowest BCUT2D eigenvalue weighted by molar-refractivity contribution is 0.176. The molecule has 0 aliphatic carbocycles. The van der Waals surface area contributed by atoms with Gasteiger partial charge in [-0.2, -0.15) is 0 Å². The summed E-state index contributed by atoms with van der Waals surface area (Å²) in [6, 6.07) is 14.4. The van der Waals surface area contributed by atoms with Gasteiger partial charge in [-0.1, -0.05) is 30.2 Å². The third-order valence-electron chi connectivity index (χ3n) is 3.10. The Balaban J connectivity index is 1.92. The fourth-order valence-corrected chi connectivity index (χ4v) is 2.03. The van der Waals surface area contributed by atoms with Gasteiger partial charge in [-0.05, 0) is 41.8 Å². The van der Waals surface area contributed by atoms with Crippen molar-refractivity contribution in [2.45, 2.75) is 6.42 Å². The first-order chi connectivity index (χ1) is 11.6. The zero-order valence-electron chi connectivity index (χ0n) is 12.8. The first-order valence-electron chi connectivity index (χ1n) is 7.12. The molecule has 6 nitrogen and oxygen atoms in total. The molecule has 0 atom stereocenters. The third-order valence-corrected chi connectivity index (χ3v) is 3.10. The van der Waals surface area contributed by atoms with Crippen molar-refractivity contribution in [3.63, 3.8) is 0 Å². The van der Waals surface area contributed by atoms with Crippen LogP contribution in [0, 0.1) is 12.3 Å². The van der Waals surface area contributed by atoms with Gasteiger partial charge in [-0.25, -0.2) is 9.59 Å². The van der Waals surface area contributed by atoms with E-state index in [0.717, 1.165) is 11.1 Å². The molecule has 0 saturated heterocycles. The topological polar surface area (TPSA) is 87.7 Å². The second-order valence-corrected chi connectivity index (χ2v) is 4.91. The van der Waals surface area contributed by atoms with Gasteiger partial charge in [0.15, 0.2) is 6.61 Å². The standard InChI is InChI=1S/C18H16N2O4/c1-2-11-24-18(23)20-16-9-5-14(6-10-16)12-13-3-7-15(8-4-13)19-17(21)22/h1,3-10,19H,11-12H2,(H,20,23)(H,21,22). The van der Waals surface area contributed by atoms with Crippen LogP contribution in [-0.4, -0.2) is 23.9 Å². The summed E-state index contributed by atoms with van der Waals surface area (Å²) in [6.45, 7) is -0.0728. The number of carboxylic acid groups (broad SMARTS) is 1. The number of terminal acetylenes is 1. The van der Waals surface area contributed by atoms with Crippen molar-refractivity contribution in [1.82, 2.24) is 0 Å². The van der Waals surface area contributed by atoms with Crippen LogP contribution in [0.3, 0.4) is 0 Å². The molecule has 0 unspecified atom stereocenters. The Hall–Kier alpha value is -3.46. The number of anilines is 2. The highest BCUT2D eigenvalue weighted by molar-refractivity contribution is 5.84. The second kappa shape index (κ2) is 8.25. The van der Waals surface area contributed by atoms with E-state index in [4.69, 9.17) is 16.3 Å². The molecule has 6 heteroatoms. The molecule has 24 heavy (non-hydrogen) atoms. The van der Waals surface area contributed by atoms with E-state index in [1.165, 1.54) is 0 Å². The fourth-order valence-electron chi connectivity index (χ4n) is 2.03. The molecule has 0 bridgehead atoms. The van der Waals surface area contributed by atoms with Gasteiger partial charge >= 0.3 is 12.2 Å². The SMILES string of the molecule is C#CCOC(=O)Nc1ccc(Cc2ccc(NC(=O)O)cc2)cc1. The van der Waals surface area contributed by atoms with E-state index in [1.54, 1.807) is 24.3 Å². The van der Waals surface area contributed by atoms with Crippen LogP contribution in [0.5, 0.6) is 0 Å².